The Hall–Kier alpha value is -4.46. The number of carbonyl (C=O) groups excluding carboxylic acids is 4. The fourth-order valence-electron chi connectivity index (χ4n) is 3.13. The molecule has 1 heterocycles. The van der Waals surface area contributed by atoms with Gasteiger partial charge in [-0.05, 0) is 29.8 Å². The van der Waals surface area contributed by atoms with Crippen molar-refractivity contribution < 1.29 is 33.4 Å². The average molecular weight is 445 g/mol. The Morgan fingerprint density at radius 3 is 2.12 bits per heavy atom. The van der Waals surface area contributed by atoms with E-state index < -0.39 is 30.0 Å². The van der Waals surface area contributed by atoms with Gasteiger partial charge in [-0.15, -0.1) is 0 Å². The fourth-order valence-corrected chi connectivity index (χ4v) is 3.13. The molecular weight excluding hydrogens is 426 g/mol. The van der Waals surface area contributed by atoms with Gasteiger partial charge < -0.3 is 19.5 Å². The first kappa shape index (κ1) is 21.8. The van der Waals surface area contributed by atoms with Crippen LogP contribution >= 0.6 is 0 Å². The number of ketones is 2. The van der Waals surface area contributed by atoms with Gasteiger partial charge in [0.25, 0.3) is 5.91 Å². The van der Waals surface area contributed by atoms with Crippen LogP contribution in [-0.2, 0) is 16.1 Å². The third kappa shape index (κ3) is 5.24. The van der Waals surface area contributed by atoms with E-state index in [0.29, 0.717) is 11.5 Å². The van der Waals surface area contributed by atoms with Crippen molar-refractivity contribution in [1.82, 2.24) is 5.32 Å². The highest BCUT2D eigenvalue weighted by atomic mass is 16.7. The standard InChI is InChI=1S/C25H19NO7/c27-22(26-13-16-6-11-20-21(12-16)33-15-32-20)14-31-25(30)19-9-7-18(8-10-19)24(29)23(28)17-4-2-1-3-5-17/h1-12H,13-15H2,(H,26,27). The molecule has 0 spiro atoms. The smallest absolute Gasteiger partial charge is 0.338 e. The second kappa shape index (κ2) is 9.78. The van der Waals surface area contributed by atoms with E-state index in [0.717, 1.165) is 5.56 Å². The molecule has 0 aliphatic carbocycles. The Balaban J connectivity index is 1.26. The molecule has 0 fully saturated rings. The van der Waals surface area contributed by atoms with Crippen LogP contribution in [0.2, 0.25) is 0 Å². The Labute approximate surface area is 189 Å². The number of hydrogen-bond donors (Lipinski definition) is 1. The number of nitrogens with one attached hydrogen (secondary N) is 1. The van der Waals surface area contributed by atoms with Crippen LogP contribution in [0.1, 0.15) is 36.6 Å². The highest BCUT2D eigenvalue weighted by molar-refractivity contribution is 6.49. The largest absolute Gasteiger partial charge is 0.454 e. The number of rotatable bonds is 8. The van der Waals surface area contributed by atoms with Crippen molar-refractivity contribution in [3.05, 3.63) is 95.1 Å². The number of ether oxygens (including phenoxy) is 3. The molecule has 0 aromatic heterocycles. The van der Waals surface area contributed by atoms with Gasteiger partial charge in [0.2, 0.25) is 18.4 Å². The van der Waals surface area contributed by atoms with Gasteiger partial charge >= 0.3 is 5.97 Å². The van der Waals surface area contributed by atoms with E-state index in [2.05, 4.69) is 5.32 Å². The third-order valence-electron chi connectivity index (χ3n) is 4.89. The fraction of sp³-hybridized carbons (Fsp3) is 0.120. The summed E-state index contributed by atoms with van der Waals surface area (Å²) in [4.78, 5) is 48.8. The molecule has 3 aromatic carbocycles. The number of amides is 1. The SMILES string of the molecule is O=C(COC(=O)c1ccc(C(=O)C(=O)c2ccccc2)cc1)NCc1ccc2c(c1)OCO2. The predicted molar refractivity (Wildman–Crippen MR) is 116 cm³/mol. The number of carbonyl (C=O) groups is 4. The number of Topliss-reactive ketones (excluding diaryl/α,β-unsaturated/α-hetero) is 2. The summed E-state index contributed by atoms with van der Waals surface area (Å²) in [5, 5.41) is 2.65. The molecule has 4 rings (SSSR count). The van der Waals surface area contributed by atoms with Crippen LogP contribution in [0.4, 0.5) is 0 Å². The lowest BCUT2D eigenvalue weighted by molar-refractivity contribution is -0.124. The topological polar surface area (TPSA) is 108 Å². The van der Waals surface area contributed by atoms with Crippen molar-refractivity contribution >= 4 is 23.4 Å². The lowest BCUT2D eigenvalue weighted by Gasteiger charge is -2.08. The lowest BCUT2D eigenvalue weighted by atomic mass is 10.0. The van der Waals surface area contributed by atoms with Gasteiger partial charge in [-0.2, -0.15) is 0 Å². The Morgan fingerprint density at radius 2 is 1.39 bits per heavy atom. The van der Waals surface area contributed by atoms with Crippen LogP contribution < -0.4 is 14.8 Å². The molecule has 0 atom stereocenters. The zero-order valence-electron chi connectivity index (χ0n) is 17.4. The second-order valence-electron chi connectivity index (χ2n) is 7.14. The van der Waals surface area contributed by atoms with Crippen molar-refractivity contribution in [2.75, 3.05) is 13.4 Å². The molecule has 8 heteroatoms. The van der Waals surface area contributed by atoms with Crippen molar-refractivity contribution in [1.29, 1.82) is 0 Å². The summed E-state index contributed by atoms with van der Waals surface area (Å²) in [6.07, 6.45) is 0. The highest BCUT2D eigenvalue weighted by Crippen LogP contribution is 2.32. The Kier molecular flexibility index (Phi) is 6.45. The van der Waals surface area contributed by atoms with E-state index in [4.69, 9.17) is 14.2 Å². The molecule has 1 amide bonds. The Bertz CT molecular complexity index is 1200. The second-order valence-corrected chi connectivity index (χ2v) is 7.14. The van der Waals surface area contributed by atoms with Crippen LogP contribution in [0.5, 0.6) is 11.5 Å². The summed E-state index contributed by atoms with van der Waals surface area (Å²) in [6.45, 7) is -0.0601. The minimum absolute atomic E-state index is 0.155. The molecule has 1 aliphatic heterocycles. The molecule has 0 radical (unpaired) electrons. The van der Waals surface area contributed by atoms with Crippen molar-refractivity contribution in [3.63, 3.8) is 0 Å². The van der Waals surface area contributed by atoms with E-state index in [-0.39, 0.29) is 30.0 Å². The zero-order chi connectivity index (χ0) is 23.2. The van der Waals surface area contributed by atoms with E-state index in [1.54, 1.807) is 48.5 Å². The van der Waals surface area contributed by atoms with Gasteiger partial charge in [-0.25, -0.2) is 4.79 Å². The summed E-state index contributed by atoms with van der Waals surface area (Å²) < 4.78 is 15.5. The van der Waals surface area contributed by atoms with Gasteiger partial charge in [0, 0.05) is 17.7 Å². The predicted octanol–water partition coefficient (Wildman–Crippen LogP) is 2.95. The highest BCUT2D eigenvalue weighted by Gasteiger charge is 2.19. The van der Waals surface area contributed by atoms with E-state index >= 15 is 0 Å². The normalized spacial score (nSPS) is 11.5. The molecule has 33 heavy (non-hydrogen) atoms. The minimum atomic E-state index is -0.721. The van der Waals surface area contributed by atoms with Gasteiger partial charge in [0.15, 0.2) is 18.1 Å². The maximum atomic E-state index is 12.4. The van der Waals surface area contributed by atoms with Gasteiger partial charge in [-0.1, -0.05) is 48.5 Å². The monoisotopic (exact) mass is 445 g/mol. The van der Waals surface area contributed by atoms with Crippen LogP contribution in [0, 0.1) is 0 Å². The maximum Gasteiger partial charge on any atom is 0.338 e. The van der Waals surface area contributed by atoms with Gasteiger partial charge in [0.05, 0.1) is 5.56 Å². The molecule has 1 N–H and O–H groups in total. The van der Waals surface area contributed by atoms with Gasteiger partial charge in [0.1, 0.15) is 0 Å². The molecule has 0 unspecified atom stereocenters. The molecule has 1 aliphatic rings. The summed E-state index contributed by atoms with van der Waals surface area (Å²) in [5.41, 5.74) is 1.41. The molecular formula is C25H19NO7. The average Bonchev–Trinajstić information content (AvgIpc) is 3.33. The number of hydrogen-bond acceptors (Lipinski definition) is 7. The van der Waals surface area contributed by atoms with Crippen LogP contribution in [0.15, 0.2) is 72.8 Å². The molecule has 166 valence electrons. The van der Waals surface area contributed by atoms with Crippen LogP contribution in [-0.4, -0.2) is 36.8 Å². The van der Waals surface area contributed by atoms with E-state index in [1.165, 1.54) is 24.3 Å². The lowest BCUT2D eigenvalue weighted by Crippen LogP contribution is -2.28. The molecule has 8 nitrogen and oxygen atoms in total. The zero-order valence-corrected chi connectivity index (χ0v) is 17.4. The first-order valence-corrected chi connectivity index (χ1v) is 10.1. The number of benzene rings is 3. The first-order valence-electron chi connectivity index (χ1n) is 10.1. The Morgan fingerprint density at radius 1 is 0.758 bits per heavy atom. The summed E-state index contributed by atoms with van der Waals surface area (Å²) in [5.74, 6) is -1.24. The van der Waals surface area contributed by atoms with Gasteiger partial charge in [-0.3, -0.25) is 14.4 Å². The molecule has 3 aromatic rings. The number of esters is 1. The van der Waals surface area contributed by atoms with Crippen LogP contribution in [0.3, 0.4) is 0 Å². The molecule has 0 bridgehead atoms. The van der Waals surface area contributed by atoms with Crippen LogP contribution in [0.25, 0.3) is 0 Å². The third-order valence-corrected chi connectivity index (χ3v) is 4.89. The first-order chi connectivity index (χ1) is 16.0. The maximum absolute atomic E-state index is 12.4. The minimum Gasteiger partial charge on any atom is -0.454 e. The quantitative estimate of drug-likeness (QED) is 0.323. The van der Waals surface area contributed by atoms with Crippen molar-refractivity contribution in [2.45, 2.75) is 6.54 Å². The van der Waals surface area contributed by atoms with E-state index in [9.17, 15) is 19.2 Å². The number of fused-ring (bicyclic) bond motifs is 1. The van der Waals surface area contributed by atoms with Crippen molar-refractivity contribution in [3.8, 4) is 11.5 Å². The van der Waals surface area contributed by atoms with Crippen molar-refractivity contribution in [2.24, 2.45) is 0 Å². The molecule has 0 saturated heterocycles. The summed E-state index contributed by atoms with van der Waals surface area (Å²) >= 11 is 0. The van der Waals surface area contributed by atoms with E-state index in [1.807, 2.05) is 0 Å². The summed E-state index contributed by atoms with van der Waals surface area (Å²) in [7, 11) is 0. The molecule has 0 saturated carbocycles. The summed E-state index contributed by atoms with van der Waals surface area (Å²) in [6, 6.07) is 19.0.